The van der Waals surface area contributed by atoms with Gasteiger partial charge in [-0.25, -0.2) is 0 Å². The minimum Gasteiger partial charge on any atom is -0.408 e. The summed E-state index contributed by atoms with van der Waals surface area (Å²) in [6.07, 6.45) is 1.58. The summed E-state index contributed by atoms with van der Waals surface area (Å²) >= 11 is 0. The van der Waals surface area contributed by atoms with Gasteiger partial charge < -0.3 is 15.3 Å². The highest BCUT2D eigenvalue weighted by molar-refractivity contribution is 5.27. The van der Waals surface area contributed by atoms with Crippen LogP contribution in [0.3, 0.4) is 0 Å². The molecule has 0 aliphatic carbocycles. The Morgan fingerprint density at radius 1 is 1.41 bits per heavy atom. The maximum absolute atomic E-state index is 10.5. The zero-order valence-electron chi connectivity index (χ0n) is 12.8. The third-order valence-electron chi connectivity index (χ3n) is 4.29. The molecule has 0 amide bonds. The molecule has 2 unspecified atom stereocenters. The molecule has 0 saturated carbocycles. The van der Waals surface area contributed by atoms with Crippen molar-refractivity contribution in [3.05, 3.63) is 41.3 Å². The van der Waals surface area contributed by atoms with Crippen molar-refractivity contribution in [1.82, 2.24) is 15.1 Å². The second-order valence-electron chi connectivity index (χ2n) is 5.95. The number of benzene rings is 1. The topological polar surface area (TPSA) is 88.4 Å². The number of aliphatic hydroxyl groups excluding tert-OH is 1. The monoisotopic (exact) mass is 302 g/mol. The molecule has 3 rings (SSSR count). The van der Waals surface area contributed by atoms with E-state index in [1.807, 2.05) is 31.2 Å². The van der Waals surface area contributed by atoms with Gasteiger partial charge in [-0.3, -0.25) is 4.90 Å². The van der Waals surface area contributed by atoms with Crippen LogP contribution in [-0.4, -0.2) is 39.8 Å². The van der Waals surface area contributed by atoms with E-state index in [0.29, 0.717) is 12.4 Å². The first-order valence-electron chi connectivity index (χ1n) is 7.68. The molecule has 0 bridgehead atoms. The zero-order valence-corrected chi connectivity index (χ0v) is 12.8. The van der Waals surface area contributed by atoms with Crippen molar-refractivity contribution in [3.8, 4) is 0 Å². The lowest BCUT2D eigenvalue weighted by atomic mass is 9.96. The van der Waals surface area contributed by atoms with Gasteiger partial charge in [-0.1, -0.05) is 29.4 Å². The number of nitrogens with zero attached hydrogens (tertiary/aromatic N) is 3. The number of rotatable bonds is 4. The van der Waals surface area contributed by atoms with E-state index in [4.69, 9.17) is 10.2 Å². The number of nitrogens with two attached hydrogens (primary N) is 1. The van der Waals surface area contributed by atoms with Crippen molar-refractivity contribution in [2.45, 2.75) is 31.8 Å². The Morgan fingerprint density at radius 3 is 2.95 bits per heavy atom. The van der Waals surface area contributed by atoms with Crippen molar-refractivity contribution < 1.29 is 9.52 Å². The number of aromatic nitrogens is 2. The number of nitrogen functional groups attached to an aromatic ring is 1. The summed E-state index contributed by atoms with van der Waals surface area (Å²) < 4.78 is 5.35. The molecule has 1 saturated heterocycles. The van der Waals surface area contributed by atoms with Crippen LogP contribution in [-0.2, 0) is 0 Å². The first kappa shape index (κ1) is 15.0. The SMILES string of the molecule is Cc1ccccc1C(O)CN1CCCC(c2nnc(N)o2)C1. The highest BCUT2D eigenvalue weighted by atomic mass is 16.4. The van der Waals surface area contributed by atoms with Crippen LogP contribution in [0.15, 0.2) is 28.7 Å². The van der Waals surface area contributed by atoms with Crippen LogP contribution in [0.2, 0.25) is 0 Å². The van der Waals surface area contributed by atoms with Crippen LogP contribution < -0.4 is 5.73 Å². The van der Waals surface area contributed by atoms with E-state index in [2.05, 4.69) is 15.1 Å². The molecule has 6 heteroatoms. The predicted octanol–water partition coefficient (Wildman–Crippen LogP) is 1.87. The van der Waals surface area contributed by atoms with Crippen LogP contribution in [0.25, 0.3) is 0 Å². The molecule has 1 aliphatic rings. The Morgan fingerprint density at radius 2 is 2.23 bits per heavy atom. The molecular formula is C16H22N4O2. The Balaban J connectivity index is 1.64. The number of hydrogen-bond acceptors (Lipinski definition) is 6. The summed E-state index contributed by atoms with van der Waals surface area (Å²) in [5.41, 5.74) is 7.61. The molecule has 0 spiro atoms. The Bertz CT molecular complexity index is 628. The number of aryl methyl sites for hydroxylation is 1. The lowest BCUT2D eigenvalue weighted by Gasteiger charge is -2.32. The summed E-state index contributed by atoms with van der Waals surface area (Å²) in [5.74, 6) is 0.801. The maximum atomic E-state index is 10.5. The van der Waals surface area contributed by atoms with E-state index < -0.39 is 6.10 Å². The lowest BCUT2D eigenvalue weighted by Crippen LogP contribution is -2.37. The minimum absolute atomic E-state index is 0.118. The molecule has 2 aromatic rings. The molecule has 0 radical (unpaired) electrons. The molecule has 22 heavy (non-hydrogen) atoms. The Labute approximate surface area is 129 Å². The highest BCUT2D eigenvalue weighted by Gasteiger charge is 2.27. The van der Waals surface area contributed by atoms with Gasteiger partial charge in [0.15, 0.2) is 0 Å². The first-order valence-corrected chi connectivity index (χ1v) is 7.68. The van der Waals surface area contributed by atoms with E-state index in [9.17, 15) is 5.11 Å². The van der Waals surface area contributed by atoms with Gasteiger partial charge in [-0.2, -0.15) is 0 Å². The fourth-order valence-corrected chi connectivity index (χ4v) is 3.14. The summed E-state index contributed by atoms with van der Waals surface area (Å²) in [6, 6.07) is 8.08. The van der Waals surface area contributed by atoms with E-state index in [1.54, 1.807) is 0 Å². The van der Waals surface area contributed by atoms with Crippen LogP contribution in [0.4, 0.5) is 6.01 Å². The van der Waals surface area contributed by atoms with Crippen molar-refractivity contribution >= 4 is 6.01 Å². The van der Waals surface area contributed by atoms with Gasteiger partial charge in [0.25, 0.3) is 0 Å². The Kier molecular flexibility index (Phi) is 4.40. The number of aliphatic hydroxyl groups is 1. The molecule has 6 nitrogen and oxygen atoms in total. The van der Waals surface area contributed by atoms with Crippen LogP contribution >= 0.6 is 0 Å². The summed E-state index contributed by atoms with van der Waals surface area (Å²) in [4.78, 5) is 2.26. The molecule has 1 fully saturated rings. The zero-order chi connectivity index (χ0) is 15.5. The molecule has 3 N–H and O–H groups in total. The molecular weight excluding hydrogens is 280 g/mol. The smallest absolute Gasteiger partial charge is 0.312 e. The largest absolute Gasteiger partial charge is 0.408 e. The first-order chi connectivity index (χ1) is 10.6. The van der Waals surface area contributed by atoms with E-state index in [1.165, 1.54) is 0 Å². The average molecular weight is 302 g/mol. The standard InChI is InChI=1S/C16H22N4O2/c1-11-5-2-3-7-13(11)14(21)10-20-8-4-6-12(9-20)15-18-19-16(17)22-15/h2-3,5,7,12,14,21H,4,6,8-10H2,1H3,(H2,17,19). The number of piperidine rings is 1. The van der Waals surface area contributed by atoms with Gasteiger partial charge in [-0.15, -0.1) is 5.10 Å². The summed E-state index contributed by atoms with van der Waals surface area (Å²) in [5, 5.41) is 18.2. The van der Waals surface area contributed by atoms with Crippen molar-refractivity contribution in [3.63, 3.8) is 0 Å². The van der Waals surface area contributed by atoms with Crippen LogP contribution in [0, 0.1) is 6.92 Å². The Hall–Kier alpha value is -1.92. The van der Waals surface area contributed by atoms with Crippen LogP contribution in [0.5, 0.6) is 0 Å². The number of β-amino-alcohol motifs (C(OH)–C–C–N with tert-alkyl or cyclic N) is 1. The molecule has 2 heterocycles. The van der Waals surface area contributed by atoms with Gasteiger partial charge in [0.1, 0.15) is 0 Å². The fourth-order valence-electron chi connectivity index (χ4n) is 3.14. The van der Waals surface area contributed by atoms with Crippen LogP contribution in [0.1, 0.15) is 41.9 Å². The van der Waals surface area contributed by atoms with Crippen molar-refractivity contribution in [1.29, 1.82) is 0 Å². The molecule has 2 atom stereocenters. The van der Waals surface area contributed by atoms with Crippen molar-refractivity contribution in [2.75, 3.05) is 25.4 Å². The van der Waals surface area contributed by atoms with E-state index in [0.717, 1.165) is 37.1 Å². The maximum Gasteiger partial charge on any atom is 0.312 e. The number of anilines is 1. The second kappa shape index (κ2) is 6.46. The van der Waals surface area contributed by atoms with Crippen molar-refractivity contribution in [2.24, 2.45) is 0 Å². The quantitative estimate of drug-likeness (QED) is 0.896. The van der Waals surface area contributed by atoms with E-state index in [-0.39, 0.29) is 11.9 Å². The van der Waals surface area contributed by atoms with Gasteiger partial charge in [0.05, 0.1) is 12.0 Å². The average Bonchev–Trinajstić information content (AvgIpc) is 2.94. The summed E-state index contributed by atoms with van der Waals surface area (Å²) in [6.45, 7) is 4.43. The van der Waals surface area contributed by atoms with Gasteiger partial charge in [0, 0.05) is 13.1 Å². The molecule has 1 aliphatic heterocycles. The minimum atomic E-state index is -0.479. The van der Waals surface area contributed by atoms with Gasteiger partial charge in [0.2, 0.25) is 5.89 Å². The third kappa shape index (κ3) is 3.28. The van der Waals surface area contributed by atoms with E-state index >= 15 is 0 Å². The number of hydrogen-bond donors (Lipinski definition) is 2. The van der Waals surface area contributed by atoms with Gasteiger partial charge >= 0.3 is 6.01 Å². The predicted molar refractivity (Wildman–Crippen MR) is 83.3 cm³/mol. The molecule has 118 valence electrons. The fraction of sp³-hybridized carbons (Fsp3) is 0.500. The molecule has 1 aromatic carbocycles. The summed E-state index contributed by atoms with van der Waals surface area (Å²) in [7, 11) is 0. The third-order valence-corrected chi connectivity index (χ3v) is 4.29. The number of likely N-dealkylation sites (tertiary alicyclic amines) is 1. The highest BCUT2D eigenvalue weighted by Crippen LogP contribution is 2.28. The van der Waals surface area contributed by atoms with Gasteiger partial charge in [-0.05, 0) is 37.4 Å². The second-order valence-corrected chi connectivity index (χ2v) is 5.95. The lowest BCUT2D eigenvalue weighted by molar-refractivity contribution is 0.0918. The normalized spacial score (nSPS) is 20.9. The molecule has 1 aromatic heterocycles.